The van der Waals surface area contributed by atoms with Gasteiger partial charge in [0.05, 0.1) is 11.5 Å². The number of nitrogens with one attached hydrogen (secondary N) is 2. The molecule has 1 heterocycles. The molecule has 0 spiro atoms. The van der Waals surface area contributed by atoms with E-state index in [-0.39, 0.29) is 17.5 Å². The van der Waals surface area contributed by atoms with Gasteiger partial charge in [0, 0.05) is 19.1 Å². The van der Waals surface area contributed by atoms with Crippen LogP contribution in [0.25, 0.3) is 0 Å². The van der Waals surface area contributed by atoms with Gasteiger partial charge in [0.1, 0.15) is 0 Å². The molecule has 136 valence electrons. The molecular weight excluding hydrogens is 310 g/mol. The van der Waals surface area contributed by atoms with Crippen molar-refractivity contribution in [1.29, 1.82) is 0 Å². The summed E-state index contributed by atoms with van der Waals surface area (Å²) in [7, 11) is -2.85. The van der Waals surface area contributed by atoms with Crippen LogP contribution in [0.3, 0.4) is 0 Å². The molecule has 0 aliphatic carbocycles. The van der Waals surface area contributed by atoms with E-state index in [4.69, 9.17) is 0 Å². The molecule has 1 aliphatic heterocycles. The van der Waals surface area contributed by atoms with Crippen molar-refractivity contribution in [3.8, 4) is 0 Å². The highest BCUT2D eigenvalue weighted by molar-refractivity contribution is 7.91. The van der Waals surface area contributed by atoms with Crippen molar-refractivity contribution in [3.05, 3.63) is 0 Å². The van der Waals surface area contributed by atoms with Crippen molar-refractivity contribution in [3.63, 3.8) is 0 Å². The van der Waals surface area contributed by atoms with Gasteiger partial charge in [-0.15, -0.1) is 0 Å². The first-order chi connectivity index (χ1) is 11.0. The lowest BCUT2D eigenvalue weighted by atomic mass is 10.0. The molecule has 0 radical (unpaired) electrons. The number of rotatable bonds is 10. The molecule has 1 rings (SSSR count). The Balaban J connectivity index is 2.33. The maximum Gasteiger partial charge on any atom is 0.191 e. The summed E-state index contributed by atoms with van der Waals surface area (Å²) in [5.41, 5.74) is 0. The molecule has 5 nitrogen and oxygen atoms in total. The summed E-state index contributed by atoms with van der Waals surface area (Å²) in [4.78, 5) is 4.64. The molecule has 2 atom stereocenters. The Bertz CT molecular complexity index is 449. The number of sulfone groups is 1. The summed E-state index contributed by atoms with van der Waals surface area (Å²) in [5.74, 6) is 1.84. The van der Waals surface area contributed by atoms with Crippen molar-refractivity contribution in [2.75, 3.05) is 24.6 Å². The van der Waals surface area contributed by atoms with Crippen LogP contribution in [0.5, 0.6) is 0 Å². The Morgan fingerprint density at radius 2 is 1.96 bits per heavy atom. The molecule has 0 saturated carbocycles. The molecule has 0 aromatic heterocycles. The fourth-order valence-electron chi connectivity index (χ4n) is 2.86. The molecule has 0 bridgehead atoms. The van der Waals surface area contributed by atoms with Crippen LogP contribution in [0.15, 0.2) is 4.99 Å². The monoisotopic (exact) mass is 345 g/mol. The van der Waals surface area contributed by atoms with E-state index in [1.165, 1.54) is 38.5 Å². The number of unbranched alkanes of at least 4 members (excludes halogenated alkanes) is 4. The highest BCUT2D eigenvalue weighted by Crippen LogP contribution is 2.13. The summed E-state index contributed by atoms with van der Waals surface area (Å²) in [6.07, 6.45) is 8.46. The first kappa shape index (κ1) is 20.3. The number of hydrogen-bond acceptors (Lipinski definition) is 3. The highest BCUT2D eigenvalue weighted by Gasteiger charge is 2.28. The van der Waals surface area contributed by atoms with Gasteiger partial charge in [-0.3, -0.25) is 4.99 Å². The van der Waals surface area contributed by atoms with Crippen LogP contribution in [0, 0.1) is 5.92 Å². The van der Waals surface area contributed by atoms with Gasteiger partial charge in [-0.05, 0) is 25.7 Å². The quantitative estimate of drug-likeness (QED) is 0.363. The van der Waals surface area contributed by atoms with E-state index < -0.39 is 9.84 Å². The molecule has 2 unspecified atom stereocenters. The molecule has 0 aromatic rings. The highest BCUT2D eigenvalue weighted by atomic mass is 32.2. The lowest BCUT2D eigenvalue weighted by Crippen LogP contribution is -2.44. The standard InChI is InChI=1S/C17H35N3O2S/c1-4-6-7-8-9-10-15(3)13-19-17(18-5-2)20-16-11-12-23(21,22)14-16/h15-16H,4-14H2,1-3H3,(H2,18,19,20). The van der Waals surface area contributed by atoms with Crippen molar-refractivity contribution in [2.45, 2.75) is 71.8 Å². The normalized spacial score (nSPS) is 22.0. The number of hydrogen-bond donors (Lipinski definition) is 2. The lowest BCUT2D eigenvalue weighted by Gasteiger charge is -2.17. The SMILES string of the molecule is CCCCCCCC(C)CN=C(NCC)NC1CCS(=O)(=O)C1. The predicted molar refractivity (Wildman–Crippen MR) is 98.7 cm³/mol. The van der Waals surface area contributed by atoms with Gasteiger partial charge in [0.25, 0.3) is 0 Å². The zero-order valence-corrected chi connectivity index (χ0v) is 15.9. The molecule has 1 aliphatic rings. The van der Waals surface area contributed by atoms with Crippen LogP contribution < -0.4 is 10.6 Å². The van der Waals surface area contributed by atoms with Crippen molar-refractivity contribution >= 4 is 15.8 Å². The predicted octanol–water partition coefficient (Wildman–Crippen LogP) is 2.73. The minimum absolute atomic E-state index is 0.00199. The summed E-state index contributed by atoms with van der Waals surface area (Å²) in [6, 6.07) is 0.00199. The second kappa shape index (κ2) is 10.9. The van der Waals surface area contributed by atoms with Gasteiger partial charge in [-0.25, -0.2) is 8.42 Å². The number of guanidine groups is 1. The van der Waals surface area contributed by atoms with E-state index in [2.05, 4.69) is 29.5 Å². The lowest BCUT2D eigenvalue weighted by molar-refractivity contribution is 0.492. The van der Waals surface area contributed by atoms with Crippen LogP contribution in [0.4, 0.5) is 0 Å². The largest absolute Gasteiger partial charge is 0.357 e. The Morgan fingerprint density at radius 1 is 1.22 bits per heavy atom. The fourth-order valence-corrected chi connectivity index (χ4v) is 4.53. The molecule has 6 heteroatoms. The summed E-state index contributed by atoms with van der Waals surface area (Å²) >= 11 is 0. The van der Waals surface area contributed by atoms with Crippen LogP contribution in [-0.2, 0) is 9.84 Å². The van der Waals surface area contributed by atoms with Gasteiger partial charge in [0.2, 0.25) is 0 Å². The van der Waals surface area contributed by atoms with E-state index in [0.29, 0.717) is 12.3 Å². The maximum absolute atomic E-state index is 11.5. The van der Waals surface area contributed by atoms with Gasteiger partial charge in [-0.2, -0.15) is 0 Å². The van der Waals surface area contributed by atoms with E-state index in [1.54, 1.807) is 0 Å². The molecular formula is C17H35N3O2S. The maximum atomic E-state index is 11.5. The third kappa shape index (κ3) is 9.18. The van der Waals surface area contributed by atoms with E-state index in [1.807, 2.05) is 6.92 Å². The topological polar surface area (TPSA) is 70.6 Å². The number of nitrogens with zero attached hydrogens (tertiary/aromatic N) is 1. The zero-order valence-electron chi connectivity index (χ0n) is 15.1. The van der Waals surface area contributed by atoms with Crippen molar-refractivity contribution in [2.24, 2.45) is 10.9 Å². The summed E-state index contributed by atoms with van der Waals surface area (Å²) in [6.45, 7) is 8.09. The second-order valence-electron chi connectivity index (χ2n) is 6.77. The number of aliphatic imine (C=N–C) groups is 1. The zero-order chi connectivity index (χ0) is 17.1. The van der Waals surface area contributed by atoms with Crippen molar-refractivity contribution < 1.29 is 8.42 Å². The van der Waals surface area contributed by atoms with E-state index >= 15 is 0 Å². The summed E-state index contributed by atoms with van der Waals surface area (Å²) < 4.78 is 23.1. The molecule has 2 N–H and O–H groups in total. The minimum Gasteiger partial charge on any atom is -0.357 e. The fraction of sp³-hybridized carbons (Fsp3) is 0.941. The first-order valence-electron chi connectivity index (χ1n) is 9.22. The van der Waals surface area contributed by atoms with Crippen molar-refractivity contribution in [1.82, 2.24) is 10.6 Å². The van der Waals surface area contributed by atoms with Gasteiger partial charge in [0.15, 0.2) is 15.8 Å². The third-order valence-corrected chi connectivity index (χ3v) is 6.05. The molecule has 0 aromatic carbocycles. The van der Waals surface area contributed by atoms with Crippen LogP contribution >= 0.6 is 0 Å². The van der Waals surface area contributed by atoms with E-state index in [9.17, 15) is 8.42 Å². The average molecular weight is 346 g/mol. The van der Waals surface area contributed by atoms with Crippen LogP contribution in [0.1, 0.15) is 65.7 Å². The Kier molecular flexibility index (Phi) is 9.60. The Morgan fingerprint density at radius 3 is 2.57 bits per heavy atom. The van der Waals surface area contributed by atoms with Gasteiger partial charge >= 0.3 is 0 Å². The van der Waals surface area contributed by atoms with Gasteiger partial charge < -0.3 is 10.6 Å². The molecule has 23 heavy (non-hydrogen) atoms. The smallest absolute Gasteiger partial charge is 0.191 e. The Labute approximate surface area is 142 Å². The van der Waals surface area contributed by atoms with E-state index in [0.717, 1.165) is 19.0 Å². The summed E-state index contributed by atoms with van der Waals surface area (Å²) in [5, 5.41) is 6.49. The molecule has 1 saturated heterocycles. The van der Waals surface area contributed by atoms with Crippen LogP contribution in [-0.4, -0.2) is 45.0 Å². The van der Waals surface area contributed by atoms with Gasteiger partial charge in [-0.1, -0.05) is 46.0 Å². The Hall–Kier alpha value is -0.780. The average Bonchev–Trinajstić information content (AvgIpc) is 2.84. The molecule has 1 fully saturated rings. The minimum atomic E-state index is -2.85. The third-order valence-electron chi connectivity index (χ3n) is 4.28. The van der Waals surface area contributed by atoms with Crippen LogP contribution in [0.2, 0.25) is 0 Å². The molecule has 0 amide bonds. The second-order valence-corrected chi connectivity index (χ2v) is 9.00. The first-order valence-corrected chi connectivity index (χ1v) is 11.0.